The minimum absolute atomic E-state index is 0. The molecule has 0 aliphatic carbocycles. The van der Waals surface area contributed by atoms with Crippen molar-refractivity contribution in [3.63, 3.8) is 0 Å². The van der Waals surface area contributed by atoms with E-state index in [-0.39, 0.29) is 95.2 Å². The van der Waals surface area contributed by atoms with Crippen LogP contribution in [0.5, 0.6) is 5.75 Å². The fraction of sp³-hybridized carbons (Fsp3) is 0.267. The van der Waals surface area contributed by atoms with Crippen LogP contribution in [-0.4, -0.2) is 110 Å². The summed E-state index contributed by atoms with van der Waals surface area (Å²) in [6.45, 7) is -0.336. The van der Waals surface area contributed by atoms with Gasteiger partial charge in [0.2, 0.25) is 0 Å². The average Bonchev–Trinajstić information content (AvgIpc) is 2.51. The van der Waals surface area contributed by atoms with Crippen molar-refractivity contribution in [2.75, 3.05) is 13.1 Å². The molecule has 1 aliphatic rings. The molecule has 0 saturated heterocycles. The van der Waals surface area contributed by atoms with Gasteiger partial charge in [0.05, 0.1) is 5.02 Å². The molecule has 0 atom stereocenters. The second-order valence-electron chi connectivity index (χ2n) is 5.16. The standard InChI is InChI=1S/C15H15ClN2O6.2Na.2H/c16-9-5-8(1-2-10(9)19)7-18-4-3-11(20)13(15(18)24)14(23)17-6-12(21)22;;;;/h1-2,5,19-20H,3-4,6-7H2,(H,17,23)(H,21,22);;;;. The zero-order valence-corrected chi connectivity index (χ0v) is 13.2. The number of halogens is 1. The van der Waals surface area contributed by atoms with E-state index in [2.05, 4.69) is 5.32 Å². The first-order valence-corrected chi connectivity index (χ1v) is 7.36. The molecule has 1 heterocycles. The van der Waals surface area contributed by atoms with Gasteiger partial charge in [-0.1, -0.05) is 17.7 Å². The number of aliphatic carboxylic acids is 1. The number of benzene rings is 1. The first kappa shape index (κ1) is 25.3. The quantitative estimate of drug-likeness (QED) is 0.388. The number of aliphatic hydroxyl groups excluding tert-OH is 1. The number of phenols is 1. The van der Waals surface area contributed by atoms with Gasteiger partial charge in [-0.3, -0.25) is 14.4 Å². The van der Waals surface area contributed by atoms with Crippen molar-refractivity contribution in [1.29, 1.82) is 0 Å². The molecule has 26 heavy (non-hydrogen) atoms. The zero-order valence-electron chi connectivity index (χ0n) is 12.5. The van der Waals surface area contributed by atoms with Crippen LogP contribution in [0.1, 0.15) is 12.0 Å². The van der Waals surface area contributed by atoms with E-state index in [4.69, 9.17) is 16.7 Å². The number of phenolic OH excluding ortho intramolecular Hbond substituents is 1. The molecule has 2 rings (SSSR count). The second kappa shape index (κ2) is 11.2. The number of rotatable bonds is 5. The molecule has 0 aromatic heterocycles. The van der Waals surface area contributed by atoms with Crippen LogP contribution in [0.15, 0.2) is 29.5 Å². The number of amides is 2. The molecule has 132 valence electrons. The first-order chi connectivity index (χ1) is 11.3. The zero-order chi connectivity index (χ0) is 17.9. The Morgan fingerprint density at radius 2 is 1.88 bits per heavy atom. The molecule has 0 saturated carbocycles. The van der Waals surface area contributed by atoms with Gasteiger partial charge in [-0.05, 0) is 17.7 Å². The molecular formula is C15H17ClN2Na2O6. The van der Waals surface area contributed by atoms with Gasteiger partial charge >= 0.3 is 65.1 Å². The Bertz CT molecular complexity index is 741. The van der Waals surface area contributed by atoms with Crippen molar-refractivity contribution < 1.29 is 29.7 Å². The Balaban J connectivity index is 0.00000312. The molecule has 0 spiro atoms. The third-order valence-corrected chi connectivity index (χ3v) is 3.72. The summed E-state index contributed by atoms with van der Waals surface area (Å²) in [6.07, 6.45) is 0.0768. The third kappa shape index (κ3) is 6.45. The van der Waals surface area contributed by atoms with Gasteiger partial charge in [0.1, 0.15) is 23.6 Å². The normalized spacial score (nSPS) is 13.6. The molecule has 0 unspecified atom stereocenters. The topological polar surface area (TPSA) is 127 Å². The number of aromatic hydroxyl groups is 1. The number of carbonyl (C=O) groups is 3. The summed E-state index contributed by atoms with van der Waals surface area (Å²) < 4.78 is 0. The number of aliphatic hydroxyl groups is 1. The maximum atomic E-state index is 12.4. The summed E-state index contributed by atoms with van der Waals surface area (Å²) in [5.74, 6) is -3.36. The van der Waals surface area contributed by atoms with Crippen LogP contribution in [0.4, 0.5) is 0 Å². The van der Waals surface area contributed by atoms with Crippen molar-refractivity contribution in [1.82, 2.24) is 10.2 Å². The van der Waals surface area contributed by atoms with Gasteiger partial charge in [0.25, 0.3) is 11.8 Å². The number of nitrogens with one attached hydrogen (secondary N) is 1. The van der Waals surface area contributed by atoms with Gasteiger partial charge in [0, 0.05) is 19.5 Å². The molecule has 1 aliphatic heterocycles. The Morgan fingerprint density at radius 1 is 1.23 bits per heavy atom. The van der Waals surface area contributed by atoms with E-state index in [0.717, 1.165) is 0 Å². The fourth-order valence-corrected chi connectivity index (χ4v) is 2.44. The predicted molar refractivity (Wildman–Crippen MR) is 97.7 cm³/mol. The van der Waals surface area contributed by atoms with Gasteiger partial charge in [-0.25, -0.2) is 0 Å². The van der Waals surface area contributed by atoms with Crippen molar-refractivity contribution in [3.05, 3.63) is 40.1 Å². The number of nitrogens with zero attached hydrogens (tertiary/aromatic N) is 1. The van der Waals surface area contributed by atoms with Gasteiger partial charge < -0.3 is 25.5 Å². The Morgan fingerprint density at radius 3 is 2.46 bits per heavy atom. The number of carboxylic acid groups (broad SMARTS) is 1. The molecule has 11 heteroatoms. The molecule has 4 N–H and O–H groups in total. The van der Waals surface area contributed by atoms with E-state index in [0.29, 0.717) is 5.56 Å². The SMILES string of the molecule is O=C(O)CNC(=O)C1=C(O)CCN(Cc2ccc(O)c(Cl)c2)C1=O.[NaH].[NaH]. The summed E-state index contributed by atoms with van der Waals surface area (Å²) in [5, 5.41) is 30.0. The summed E-state index contributed by atoms with van der Waals surface area (Å²) in [5.41, 5.74) is 0.171. The molecule has 1 aromatic carbocycles. The maximum absolute atomic E-state index is 12.4. The average molecular weight is 403 g/mol. The third-order valence-electron chi connectivity index (χ3n) is 3.42. The van der Waals surface area contributed by atoms with E-state index in [1.54, 1.807) is 6.07 Å². The van der Waals surface area contributed by atoms with Crippen LogP contribution in [0.3, 0.4) is 0 Å². The predicted octanol–water partition coefficient (Wildman–Crippen LogP) is -0.506. The molecule has 0 fully saturated rings. The van der Waals surface area contributed by atoms with Crippen molar-refractivity contribution in [2.45, 2.75) is 13.0 Å². The van der Waals surface area contributed by atoms with Gasteiger partial charge in [0.15, 0.2) is 0 Å². The van der Waals surface area contributed by atoms with Crippen LogP contribution in [0.2, 0.25) is 5.02 Å². The molecule has 2 amide bonds. The van der Waals surface area contributed by atoms with Crippen molar-refractivity contribution >= 4 is 88.5 Å². The van der Waals surface area contributed by atoms with Crippen LogP contribution < -0.4 is 5.32 Å². The van der Waals surface area contributed by atoms with Gasteiger partial charge in [-0.2, -0.15) is 0 Å². The second-order valence-corrected chi connectivity index (χ2v) is 5.57. The van der Waals surface area contributed by atoms with E-state index >= 15 is 0 Å². The molecule has 0 bridgehead atoms. The van der Waals surface area contributed by atoms with Crippen LogP contribution in [0.25, 0.3) is 0 Å². The minimum atomic E-state index is -1.26. The molecule has 8 nitrogen and oxygen atoms in total. The summed E-state index contributed by atoms with van der Waals surface area (Å²) in [6, 6.07) is 4.46. The molecule has 0 radical (unpaired) electrons. The molecule has 1 aromatic rings. The van der Waals surface area contributed by atoms with Gasteiger partial charge in [-0.15, -0.1) is 0 Å². The van der Waals surface area contributed by atoms with Crippen molar-refractivity contribution in [3.8, 4) is 5.75 Å². The number of carbonyl (C=O) groups excluding carboxylic acids is 2. The van der Waals surface area contributed by atoms with E-state index in [9.17, 15) is 24.6 Å². The Labute approximate surface area is 198 Å². The summed E-state index contributed by atoms with van der Waals surface area (Å²) in [7, 11) is 0. The Kier molecular flexibility index (Phi) is 10.9. The van der Waals surface area contributed by atoms with Crippen molar-refractivity contribution in [2.24, 2.45) is 0 Å². The summed E-state index contributed by atoms with van der Waals surface area (Å²) in [4.78, 5) is 36.1. The first-order valence-electron chi connectivity index (χ1n) is 6.98. The van der Waals surface area contributed by atoms with E-state index in [1.165, 1.54) is 17.0 Å². The molecular weight excluding hydrogens is 386 g/mol. The van der Waals surface area contributed by atoms with Crippen LogP contribution in [0, 0.1) is 0 Å². The van der Waals surface area contributed by atoms with E-state index < -0.39 is 29.9 Å². The fourth-order valence-electron chi connectivity index (χ4n) is 2.24. The van der Waals surface area contributed by atoms with Crippen LogP contribution >= 0.6 is 11.6 Å². The van der Waals surface area contributed by atoms with E-state index in [1.807, 2.05) is 0 Å². The number of hydrogen-bond donors (Lipinski definition) is 4. The Hall–Kier alpha value is -0.740. The number of carboxylic acids is 1. The monoisotopic (exact) mass is 402 g/mol. The summed E-state index contributed by atoms with van der Waals surface area (Å²) >= 11 is 5.82. The number of hydrogen-bond acceptors (Lipinski definition) is 5. The van der Waals surface area contributed by atoms with Crippen LogP contribution in [-0.2, 0) is 20.9 Å².